The molecule has 1 heterocycles. The van der Waals surface area contributed by atoms with Crippen LogP contribution in [-0.4, -0.2) is 19.3 Å². The van der Waals surface area contributed by atoms with Gasteiger partial charge in [-0.1, -0.05) is 0 Å². The summed E-state index contributed by atoms with van der Waals surface area (Å²) in [7, 11) is 0. The van der Waals surface area contributed by atoms with Crippen molar-refractivity contribution < 1.29 is 13.2 Å². The molecule has 60 valence electrons. The van der Waals surface area contributed by atoms with Gasteiger partial charge in [0.1, 0.15) is 0 Å². The van der Waals surface area contributed by atoms with Gasteiger partial charge in [-0.2, -0.15) is 13.2 Å². The molecule has 0 aromatic rings. The molecule has 1 N–H and O–H groups in total. The number of halogens is 3. The molecular formula is C6H10F3N. The van der Waals surface area contributed by atoms with Gasteiger partial charge in [0.25, 0.3) is 0 Å². The highest BCUT2D eigenvalue weighted by Gasteiger charge is 2.32. The van der Waals surface area contributed by atoms with Crippen LogP contribution in [0.1, 0.15) is 12.8 Å². The van der Waals surface area contributed by atoms with E-state index in [1.165, 1.54) is 0 Å². The maximum absolute atomic E-state index is 11.7. The third-order valence-electron chi connectivity index (χ3n) is 1.68. The zero-order valence-electron chi connectivity index (χ0n) is 5.54. The standard InChI is InChI=1S/C6H10F3N/c7-6(8,9)3-5-1-2-10-4-5/h5,10H,1-4H2/t5-/m0/s1. The van der Waals surface area contributed by atoms with Crippen molar-refractivity contribution in [1.82, 2.24) is 5.32 Å². The molecule has 1 atom stereocenters. The van der Waals surface area contributed by atoms with E-state index in [0.29, 0.717) is 13.0 Å². The van der Waals surface area contributed by atoms with Crippen LogP contribution in [0.3, 0.4) is 0 Å². The molecule has 0 radical (unpaired) electrons. The minimum absolute atomic E-state index is 0.181. The number of hydrogen-bond acceptors (Lipinski definition) is 1. The van der Waals surface area contributed by atoms with Gasteiger partial charge in [0, 0.05) is 6.42 Å². The van der Waals surface area contributed by atoms with Crippen molar-refractivity contribution in [2.75, 3.05) is 13.1 Å². The summed E-state index contributed by atoms with van der Waals surface area (Å²) in [6, 6.07) is 0. The van der Waals surface area contributed by atoms with Crippen molar-refractivity contribution in [3.05, 3.63) is 0 Å². The average Bonchev–Trinajstić information content (AvgIpc) is 2.12. The van der Waals surface area contributed by atoms with Gasteiger partial charge in [0.15, 0.2) is 0 Å². The van der Waals surface area contributed by atoms with E-state index in [9.17, 15) is 13.2 Å². The predicted octanol–water partition coefficient (Wildman–Crippen LogP) is 1.55. The average molecular weight is 153 g/mol. The summed E-state index contributed by atoms with van der Waals surface area (Å²) in [6.07, 6.45) is -3.93. The first-order valence-corrected chi connectivity index (χ1v) is 3.35. The zero-order chi connectivity index (χ0) is 7.61. The molecule has 0 aromatic heterocycles. The van der Waals surface area contributed by atoms with E-state index in [0.717, 1.165) is 6.54 Å². The minimum atomic E-state index is -3.98. The Morgan fingerprint density at radius 3 is 2.50 bits per heavy atom. The third kappa shape index (κ3) is 2.56. The first kappa shape index (κ1) is 7.85. The van der Waals surface area contributed by atoms with E-state index in [4.69, 9.17) is 0 Å². The van der Waals surface area contributed by atoms with Gasteiger partial charge >= 0.3 is 6.18 Å². The van der Waals surface area contributed by atoms with E-state index in [2.05, 4.69) is 5.32 Å². The van der Waals surface area contributed by atoms with E-state index in [1.807, 2.05) is 0 Å². The van der Waals surface area contributed by atoms with Gasteiger partial charge in [-0.05, 0) is 25.4 Å². The van der Waals surface area contributed by atoms with Crippen molar-refractivity contribution in [3.8, 4) is 0 Å². The Labute approximate surface area is 57.6 Å². The second kappa shape index (κ2) is 2.78. The maximum Gasteiger partial charge on any atom is 0.389 e. The van der Waals surface area contributed by atoms with Crippen LogP contribution in [0.25, 0.3) is 0 Å². The third-order valence-corrected chi connectivity index (χ3v) is 1.68. The second-order valence-corrected chi connectivity index (χ2v) is 2.68. The number of nitrogens with one attached hydrogen (secondary N) is 1. The van der Waals surface area contributed by atoms with E-state index >= 15 is 0 Å². The lowest BCUT2D eigenvalue weighted by Gasteiger charge is -2.10. The Kier molecular flexibility index (Phi) is 2.18. The Bertz CT molecular complexity index is 104. The van der Waals surface area contributed by atoms with E-state index in [-0.39, 0.29) is 5.92 Å². The lowest BCUT2D eigenvalue weighted by Crippen LogP contribution is -2.17. The van der Waals surface area contributed by atoms with Crippen LogP contribution in [0.15, 0.2) is 0 Å². The summed E-state index contributed by atoms with van der Waals surface area (Å²) in [5.74, 6) is -0.181. The molecule has 10 heavy (non-hydrogen) atoms. The molecular weight excluding hydrogens is 143 g/mol. The first-order valence-electron chi connectivity index (χ1n) is 3.35. The topological polar surface area (TPSA) is 12.0 Å². The quantitative estimate of drug-likeness (QED) is 0.602. The molecule has 1 fully saturated rings. The summed E-state index contributed by atoms with van der Waals surface area (Å²) >= 11 is 0. The lowest BCUT2D eigenvalue weighted by molar-refractivity contribution is -0.143. The maximum atomic E-state index is 11.7. The van der Waals surface area contributed by atoms with Crippen molar-refractivity contribution in [2.45, 2.75) is 19.0 Å². The van der Waals surface area contributed by atoms with Gasteiger partial charge in [0.05, 0.1) is 0 Å². The van der Waals surface area contributed by atoms with Crippen LogP contribution >= 0.6 is 0 Å². The molecule has 1 aliphatic heterocycles. The zero-order valence-corrected chi connectivity index (χ0v) is 5.54. The van der Waals surface area contributed by atoms with Crippen LogP contribution < -0.4 is 5.32 Å². The van der Waals surface area contributed by atoms with Gasteiger partial charge in [-0.15, -0.1) is 0 Å². The highest BCUT2D eigenvalue weighted by Crippen LogP contribution is 2.27. The first-order chi connectivity index (χ1) is 4.58. The van der Waals surface area contributed by atoms with E-state index < -0.39 is 12.6 Å². The summed E-state index contributed by atoms with van der Waals surface area (Å²) < 4.78 is 35.0. The molecule has 0 saturated carbocycles. The number of rotatable bonds is 1. The highest BCUT2D eigenvalue weighted by molar-refractivity contribution is 4.73. The molecule has 0 unspecified atom stereocenters. The summed E-state index contributed by atoms with van der Waals surface area (Å²) in [6.45, 7) is 1.26. The van der Waals surface area contributed by atoms with Crippen LogP contribution in [0, 0.1) is 5.92 Å². The Morgan fingerprint density at radius 2 is 2.10 bits per heavy atom. The van der Waals surface area contributed by atoms with Crippen LogP contribution in [-0.2, 0) is 0 Å². The SMILES string of the molecule is FC(F)(F)C[C@@H]1CCNC1. The Hall–Kier alpha value is -0.250. The van der Waals surface area contributed by atoms with Crippen LogP contribution in [0.4, 0.5) is 13.2 Å². The van der Waals surface area contributed by atoms with Gasteiger partial charge in [-0.3, -0.25) is 0 Å². The Morgan fingerprint density at radius 1 is 1.40 bits per heavy atom. The molecule has 1 nitrogen and oxygen atoms in total. The monoisotopic (exact) mass is 153 g/mol. The normalized spacial score (nSPS) is 27.3. The summed E-state index contributed by atoms with van der Waals surface area (Å²) in [5.41, 5.74) is 0. The van der Waals surface area contributed by atoms with Gasteiger partial charge in [0.2, 0.25) is 0 Å². The fourth-order valence-corrected chi connectivity index (χ4v) is 1.22. The van der Waals surface area contributed by atoms with Gasteiger partial charge in [-0.25, -0.2) is 0 Å². The fourth-order valence-electron chi connectivity index (χ4n) is 1.22. The second-order valence-electron chi connectivity index (χ2n) is 2.68. The Balaban J connectivity index is 2.24. The molecule has 0 aliphatic carbocycles. The molecule has 1 rings (SSSR count). The van der Waals surface area contributed by atoms with E-state index in [1.54, 1.807) is 0 Å². The molecule has 1 aliphatic rings. The van der Waals surface area contributed by atoms with Crippen LogP contribution in [0.2, 0.25) is 0 Å². The van der Waals surface area contributed by atoms with Gasteiger partial charge < -0.3 is 5.32 Å². The molecule has 0 aromatic carbocycles. The smallest absolute Gasteiger partial charge is 0.316 e. The lowest BCUT2D eigenvalue weighted by atomic mass is 10.1. The highest BCUT2D eigenvalue weighted by atomic mass is 19.4. The number of hydrogen-bond donors (Lipinski definition) is 1. The van der Waals surface area contributed by atoms with Crippen molar-refractivity contribution >= 4 is 0 Å². The van der Waals surface area contributed by atoms with Crippen molar-refractivity contribution in [1.29, 1.82) is 0 Å². The molecule has 0 amide bonds. The fraction of sp³-hybridized carbons (Fsp3) is 1.00. The molecule has 0 bridgehead atoms. The minimum Gasteiger partial charge on any atom is -0.316 e. The van der Waals surface area contributed by atoms with Crippen LogP contribution in [0.5, 0.6) is 0 Å². The molecule has 1 saturated heterocycles. The van der Waals surface area contributed by atoms with Crippen molar-refractivity contribution in [2.24, 2.45) is 5.92 Å². The predicted molar refractivity (Wildman–Crippen MR) is 31.6 cm³/mol. The summed E-state index contributed by atoms with van der Waals surface area (Å²) in [5, 5.41) is 2.89. The largest absolute Gasteiger partial charge is 0.389 e. The number of alkyl halides is 3. The summed E-state index contributed by atoms with van der Waals surface area (Å²) in [4.78, 5) is 0. The molecule has 4 heteroatoms. The molecule has 0 spiro atoms. The van der Waals surface area contributed by atoms with Crippen molar-refractivity contribution in [3.63, 3.8) is 0 Å².